The Bertz CT molecular complexity index is 1220. The van der Waals surface area contributed by atoms with Crippen molar-refractivity contribution in [3.8, 4) is 11.3 Å². The topological polar surface area (TPSA) is 187 Å². The van der Waals surface area contributed by atoms with Crippen LogP contribution in [0.15, 0.2) is 54.7 Å². The Kier molecular flexibility index (Phi) is 8.83. The molecule has 33 heavy (non-hydrogen) atoms. The van der Waals surface area contributed by atoms with Gasteiger partial charge in [-0.05, 0) is 35.9 Å². The number of anilines is 3. The third-order valence-corrected chi connectivity index (χ3v) is 3.89. The van der Waals surface area contributed by atoms with Crippen LogP contribution in [0, 0.1) is 0 Å². The molecule has 0 unspecified atom stereocenters. The van der Waals surface area contributed by atoms with E-state index in [4.69, 9.17) is 25.5 Å². The number of H-pyrrole nitrogens is 1. The number of nitrogen functional groups attached to an aromatic ring is 1. The second-order valence-electron chi connectivity index (χ2n) is 6.65. The number of nitrogens with two attached hydrogens (primary N) is 1. The molecule has 0 aliphatic heterocycles. The molecule has 7 N–H and O–H groups in total. The van der Waals surface area contributed by atoms with Crippen LogP contribution in [0.1, 0.15) is 19.4 Å². The van der Waals surface area contributed by atoms with Crippen LogP contribution in [0.5, 0.6) is 0 Å². The molecule has 2 heterocycles. The second-order valence-corrected chi connectivity index (χ2v) is 6.65. The standard InChI is InChI=1S/C18H16N6O.2C2H4O2/c19-18-20-7-6-16(22-18)21-13-4-5-15-14(9-13)17(24-23-15)12-3-1-2-11(8-12)10-25;2*1-2(3)4/h1-9,25H,10H2,(H,23,24)(H3,19,20,21,22);2*1H3,(H,3,4). The number of benzene rings is 2. The lowest BCUT2D eigenvalue weighted by Gasteiger charge is -2.06. The molecule has 0 atom stereocenters. The molecule has 2 aromatic heterocycles. The van der Waals surface area contributed by atoms with Gasteiger partial charge in [-0.2, -0.15) is 10.1 Å². The molecule has 0 saturated carbocycles. The van der Waals surface area contributed by atoms with E-state index in [0.29, 0.717) is 5.82 Å². The second kappa shape index (κ2) is 11.8. The number of nitrogens with one attached hydrogen (secondary N) is 2. The number of aliphatic carboxylic acids is 2. The number of hydrogen-bond donors (Lipinski definition) is 6. The van der Waals surface area contributed by atoms with Gasteiger partial charge in [-0.25, -0.2) is 4.98 Å². The molecule has 0 aliphatic carbocycles. The average Bonchev–Trinajstić information content (AvgIpc) is 3.16. The van der Waals surface area contributed by atoms with Gasteiger partial charge in [-0.3, -0.25) is 14.7 Å². The van der Waals surface area contributed by atoms with Gasteiger partial charge >= 0.3 is 0 Å². The first-order valence-electron chi connectivity index (χ1n) is 9.62. The number of carboxylic acid groups (broad SMARTS) is 2. The number of carbonyl (C=O) groups is 2. The predicted molar refractivity (Wildman–Crippen MR) is 124 cm³/mol. The molecule has 2 aromatic carbocycles. The third-order valence-electron chi connectivity index (χ3n) is 3.89. The number of nitrogens with zero attached hydrogens (tertiary/aromatic N) is 3. The van der Waals surface area contributed by atoms with Gasteiger partial charge in [0.15, 0.2) is 0 Å². The molecule has 0 aliphatic rings. The highest BCUT2D eigenvalue weighted by molar-refractivity contribution is 5.95. The largest absolute Gasteiger partial charge is 0.481 e. The summed E-state index contributed by atoms with van der Waals surface area (Å²) < 4.78 is 0. The molecule has 0 bridgehead atoms. The Morgan fingerprint density at radius 1 is 1.06 bits per heavy atom. The zero-order chi connectivity index (χ0) is 24.4. The maximum absolute atomic E-state index is 9.34. The van der Waals surface area contributed by atoms with E-state index in [1.165, 1.54) is 0 Å². The predicted octanol–water partition coefficient (Wildman–Crippen LogP) is 3.02. The summed E-state index contributed by atoms with van der Waals surface area (Å²) >= 11 is 0. The van der Waals surface area contributed by atoms with Crippen molar-refractivity contribution in [3.05, 3.63) is 60.3 Å². The number of aromatic amines is 1. The average molecular weight is 452 g/mol. The van der Waals surface area contributed by atoms with Crippen molar-refractivity contribution in [1.29, 1.82) is 0 Å². The monoisotopic (exact) mass is 452 g/mol. The van der Waals surface area contributed by atoms with Crippen molar-refractivity contribution in [2.24, 2.45) is 0 Å². The van der Waals surface area contributed by atoms with Crippen molar-refractivity contribution < 1.29 is 24.9 Å². The fourth-order valence-electron chi connectivity index (χ4n) is 2.72. The Balaban J connectivity index is 0.000000420. The molecule has 0 saturated heterocycles. The molecule has 172 valence electrons. The number of aliphatic hydroxyl groups excluding tert-OH is 1. The van der Waals surface area contributed by atoms with E-state index in [1.807, 2.05) is 42.5 Å². The molecule has 0 fully saturated rings. The van der Waals surface area contributed by atoms with Crippen LogP contribution in [-0.2, 0) is 16.2 Å². The van der Waals surface area contributed by atoms with E-state index in [9.17, 15) is 5.11 Å². The van der Waals surface area contributed by atoms with Gasteiger partial charge in [-0.1, -0.05) is 18.2 Å². The van der Waals surface area contributed by atoms with Crippen molar-refractivity contribution in [2.45, 2.75) is 20.5 Å². The van der Waals surface area contributed by atoms with E-state index in [1.54, 1.807) is 12.3 Å². The summed E-state index contributed by atoms with van der Waals surface area (Å²) in [6, 6.07) is 15.3. The first-order chi connectivity index (χ1) is 15.7. The van der Waals surface area contributed by atoms with Crippen molar-refractivity contribution >= 4 is 40.3 Å². The lowest BCUT2D eigenvalue weighted by atomic mass is 10.0. The van der Waals surface area contributed by atoms with Crippen LogP contribution in [0.25, 0.3) is 22.2 Å². The van der Waals surface area contributed by atoms with Crippen molar-refractivity contribution in [3.63, 3.8) is 0 Å². The Labute approximate surface area is 188 Å². The Hall–Kier alpha value is -4.51. The van der Waals surface area contributed by atoms with E-state index in [0.717, 1.165) is 47.3 Å². The smallest absolute Gasteiger partial charge is 0.300 e. The molecule has 0 spiro atoms. The maximum Gasteiger partial charge on any atom is 0.300 e. The zero-order valence-electron chi connectivity index (χ0n) is 18.0. The fourth-order valence-corrected chi connectivity index (χ4v) is 2.72. The molecule has 11 nitrogen and oxygen atoms in total. The minimum absolute atomic E-state index is 0.00185. The fraction of sp³-hybridized carbons (Fsp3) is 0.136. The highest BCUT2D eigenvalue weighted by Crippen LogP contribution is 2.29. The Morgan fingerprint density at radius 3 is 2.39 bits per heavy atom. The molecular weight excluding hydrogens is 428 g/mol. The maximum atomic E-state index is 9.34. The quantitative estimate of drug-likeness (QED) is 0.268. The summed E-state index contributed by atoms with van der Waals surface area (Å²) in [6.45, 7) is 2.16. The molecule has 4 rings (SSSR count). The van der Waals surface area contributed by atoms with Gasteiger partial charge in [0, 0.05) is 36.7 Å². The van der Waals surface area contributed by atoms with Crippen molar-refractivity contribution in [2.75, 3.05) is 11.1 Å². The highest BCUT2D eigenvalue weighted by atomic mass is 16.4. The van der Waals surface area contributed by atoms with Crippen LogP contribution < -0.4 is 11.1 Å². The Morgan fingerprint density at radius 2 is 1.76 bits per heavy atom. The van der Waals surface area contributed by atoms with Gasteiger partial charge in [0.2, 0.25) is 5.95 Å². The highest BCUT2D eigenvalue weighted by Gasteiger charge is 2.10. The summed E-state index contributed by atoms with van der Waals surface area (Å²) in [4.78, 5) is 26.0. The van der Waals surface area contributed by atoms with Gasteiger partial charge < -0.3 is 26.4 Å². The number of carboxylic acids is 2. The molecule has 4 aromatic rings. The number of aliphatic hydroxyl groups is 1. The summed E-state index contributed by atoms with van der Waals surface area (Å²) in [5.41, 5.74) is 10.0. The molecular formula is C22H24N6O5. The van der Waals surface area contributed by atoms with Crippen LogP contribution >= 0.6 is 0 Å². The van der Waals surface area contributed by atoms with Gasteiger partial charge in [0.05, 0.1) is 17.8 Å². The van der Waals surface area contributed by atoms with Crippen LogP contribution in [-0.4, -0.2) is 47.4 Å². The third kappa shape index (κ3) is 7.92. The first-order valence-corrected chi connectivity index (χ1v) is 9.62. The lowest BCUT2D eigenvalue weighted by Crippen LogP contribution is -1.98. The minimum atomic E-state index is -0.833. The van der Waals surface area contributed by atoms with Crippen LogP contribution in [0.2, 0.25) is 0 Å². The summed E-state index contributed by atoms with van der Waals surface area (Å²) in [5.74, 6) is -0.824. The number of fused-ring (bicyclic) bond motifs is 1. The molecule has 11 heteroatoms. The summed E-state index contributed by atoms with van der Waals surface area (Å²) in [5, 5.41) is 35.8. The first kappa shape index (κ1) is 24.8. The van der Waals surface area contributed by atoms with Gasteiger partial charge in [0.25, 0.3) is 11.9 Å². The zero-order valence-corrected chi connectivity index (χ0v) is 18.0. The number of aromatic nitrogens is 4. The summed E-state index contributed by atoms with van der Waals surface area (Å²) in [7, 11) is 0. The van der Waals surface area contributed by atoms with E-state index in [-0.39, 0.29) is 12.6 Å². The van der Waals surface area contributed by atoms with Crippen LogP contribution in [0.4, 0.5) is 17.5 Å². The van der Waals surface area contributed by atoms with Crippen molar-refractivity contribution in [1.82, 2.24) is 20.2 Å². The van der Waals surface area contributed by atoms with E-state index >= 15 is 0 Å². The normalized spacial score (nSPS) is 9.79. The van der Waals surface area contributed by atoms with Crippen LogP contribution in [0.3, 0.4) is 0 Å². The minimum Gasteiger partial charge on any atom is -0.481 e. The van der Waals surface area contributed by atoms with E-state index in [2.05, 4.69) is 25.5 Å². The van der Waals surface area contributed by atoms with Gasteiger partial charge in [0.1, 0.15) is 5.82 Å². The van der Waals surface area contributed by atoms with Gasteiger partial charge in [-0.15, -0.1) is 0 Å². The number of hydrogen-bond acceptors (Lipinski definition) is 8. The van der Waals surface area contributed by atoms with E-state index < -0.39 is 11.9 Å². The lowest BCUT2D eigenvalue weighted by molar-refractivity contribution is -0.135. The molecule has 0 radical (unpaired) electrons. The molecule has 0 amide bonds. The SMILES string of the molecule is CC(=O)O.CC(=O)O.Nc1nccc(Nc2ccc3[nH]nc(-c4cccc(CO)c4)c3c2)n1. The number of rotatable bonds is 4. The summed E-state index contributed by atoms with van der Waals surface area (Å²) in [6.07, 6.45) is 1.60.